The van der Waals surface area contributed by atoms with Gasteiger partial charge in [-0.25, -0.2) is 4.98 Å². The minimum Gasteiger partial charge on any atom is -0.507 e. The Bertz CT molecular complexity index is 1520. The number of Topliss-reactive ketones (excluding diaryl/α,β-unsaturated/α-hetero) is 1. The summed E-state index contributed by atoms with van der Waals surface area (Å²) in [5, 5.41) is 11.7. The summed E-state index contributed by atoms with van der Waals surface area (Å²) in [5.74, 6) is -0.573. The zero-order valence-electron chi connectivity index (χ0n) is 20.7. The molecule has 37 heavy (non-hydrogen) atoms. The summed E-state index contributed by atoms with van der Waals surface area (Å²) >= 11 is 1.34. The summed E-state index contributed by atoms with van der Waals surface area (Å²) in [7, 11) is 1.52. The monoisotopic (exact) mass is 514 g/mol. The highest BCUT2D eigenvalue weighted by Crippen LogP contribution is 2.44. The topological polar surface area (TPSA) is 89.0 Å². The lowest BCUT2D eigenvalue weighted by atomic mass is 9.95. The van der Waals surface area contributed by atoms with Crippen LogP contribution in [0.1, 0.15) is 36.1 Å². The highest BCUT2D eigenvalue weighted by Gasteiger charge is 2.48. The molecule has 0 spiro atoms. The van der Waals surface area contributed by atoms with Crippen molar-refractivity contribution >= 4 is 44.1 Å². The molecule has 0 unspecified atom stereocenters. The predicted molar refractivity (Wildman–Crippen MR) is 144 cm³/mol. The second kappa shape index (κ2) is 10.1. The fourth-order valence-electron chi connectivity index (χ4n) is 4.36. The number of ketones is 1. The van der Waals surface area contributed by atoms with Crippen LogP contribution in [0.15, 0.2) is 72.3 Å². The molecule has 3 aromatic carbocycles. The number of aryl methyl sites for hydroxylation is 1. The number of hydrogen-bond donors (Lipinski definition) is 1. The van der Waals surface area contributed by atoms with Crippen molar-refractivity contribution in [1.29, 1.82) is 0 Å². The molecule has 1 N–H and O–H groups in total. The highest BCUT2D eigenvalue weighted by atomic mass is 32.1. The number of methoxy groups -OCH3 is 1. The third kappa shape index (κ3) is 4.56. The van der Waals surface area contributed by atoms with Crippen LogP contribution in [0, 0.1) is 6.92 Å². The molecule has 0 saturated carbocycles. The molecule has 2 heterocycles. The number of ether oxygens (including phenoxy) is 2. The zero-order chi connectivity index (χ0) is 26.1. The van der Waals surface area contributed by atoms with E-state index >= 15 is 0 Å². The van der Waals surface area contributed by atoms with Crippen molar-refractivity contribution in [3.8, 4) is 11.5 Å². The van der Waals surface area contributed by atoms with Gasteiger partial charge in [0.05, 0.1) is 35.5 Å². The Morgan fingerprint density at radius 1 is 1.05 bits per heavy atom. The predicted octanol–water partition coefficient (Wildman–Crippen LogP) is 6.03. The summed E-state index contributed by atoms with van der Waals surface area (Å²) in [4.78, 5) is 32.9. The van der Waals surface area contributed by atoms with E-state index in [1.54, 1.807) is 36.4 Å². The van der Waals surface area contributed by atoms with E-state index in [2.05, 4.69) is 4.98 Å². The molecule has 1 atom stereocenters. The Labute approximate surface area is 218 Å². The zero-order valence-corrected chi connectivity index (χ0v) is 21.5. The number of aliphatic hydroxyl groups is 1. The van der Waals surface area contributed by atoms with Crippen LogP contribution in [-0.4, -0.2) is 35.5 Å². The number of carbonyl (C=O) groups is 2. The third-order valence-electron chi connectivity index (χ3n) is 6.20. The molecule has 1 amide bonds. The minimum atomic E-state index is -0.868. The van der Waals surface area contributed by atoms with Crippen LogP contribution >= 0.6 is 11.3 Å². The Balaban J connectivity index is 1.68. The summed E-state index contributed by atoms with van der Waals surface area (Å²) in [5.41, 5.74) is 2.84. The van der Waals surface area contributed by atoms with Crippen LogP contribution in [0.25, 0.3) is 16.0 Å². The lowest BCUT2D eigenvalue weighted by molar-refractivity contribution is -0.132. The number of nitrogens with zero attached hydrogens (tertiary/aromatic N) is 2. The van der Waals surface area contributed by atoms with Gasteiger partial charge in [0.25, 0.3) is 5.78 Å². The van der Waals surface area contributed by atoms with Crippen molar-refractivity contribution in [3.63, 3.8) is 0 Å². The molecule has 4 aromatic rings. The molecule has 1 saturated heterocycles. The van der Waals surface area contributed by atoms with Crippen molar-refractivity contribution in [3.05, 3.63) is 89.0 Å². The van der Waals surface area contributed by atoms with E-state index in [0.29, 0.717) is 34.4 Å². The van der Waals surface area contributed by atoms with E-state index in [-0.39, 0.29) is 11.3 Å². The van der Waals surface area contributed by atoms with Crippen molar-refractivity contribution in [2.75, 3.05) is 18.6 Å². The molecule has 0 bridgehead atoms. The molecule has 188 valence electrons. The molecule has 0 aliphatic carbocycles. The van der Waals surface area contributed by atoms with Gasteiger partial charge in [0.15, 0.2) is 5.13 Å². The average molecular weight is 515 g/mol. The van der Waals surface area contributed by atoms with E-state index in [1.807, 2.05) is 44.2 Å². The molecule has 7 nitrogen and oxygen atoms in total. The van der Waals surface area contributed by atoms with Crippen LogP contribution in [0.2, 0.25) is 0 Å². The molecular formula is C29H26N2O5S. The maximum atomic E-state index is 13.5. The van der Waals surface area contributed by atoms with Crippen molar-refractivity contribution in [2.24, 2.45) is 0 Å². The summed E-state index contributed by atoms with van der Waals surface area (Å²) in [6, 6.07) is 19.0. The molecule has 1 aliphatic heterocycles. The van der Waals surface area contributed by atoms with Gasteiger partial charge in [-0.2, -0.15) is 0 Å². The fraction of sp³-hybridized carbons (Fsp3) is 0.207. The first kappa shape index (κ1) is 24.5. The van der Waals surface area contributed by atoms with Crippen molar-refractivity contribution < 1.29 is 24.2 Å². The number of thiazole rings is 1. The van der Waals surface area contributed by atoms with Gasteiger partial charge in [0.1, 0.15) is 17.3 Å². The number of fused-ring (bicyclic) bond motifs is 1. The standard InChI is InChI=1S/C29H26N2O5S/c1-4-14-36-20-11-9-18(10-12-20)25-24(26(32)19-6-5-7-21(16-19)35-3)27(33)28(34)31(25)29-30-22-13-8-17(2)15-23(22)37-29/h5-13,15-16,25,32H,4,14H2,1-3H3/b26-24+/t25-/m0/s1. The maximum absolute atomic E-state index is 13.5. The lowest BCUT2D eigenvalue weighted by Crippen LogP contribution is -2.29. The Hall–Kier alpha value is -4.17. The number of benzene rings is 3. The van der Waals surface area contributed by atoms with Gasteiger partial charge in [0.2, 0.25) is 0 Å². The smallest absolute Gasteiger partial charge is 0.301 e. The van der Waals surface area contributed by atoms with Gasteiger partial charge in [-0.1, -0.05) is 48.6 Å². The molecule has 5 rings (SSSR count). The van der Waals surface area contributed by atoms with Crippen molar-refractivity contribution in [2.45, 2.75) is 26.3 Å². The molecule has 1 aliphatic rings. The Kier molecular flexibility index (Phi) is 6.67. The molecule has 8 heteroatoms. The van der Waals surface area contributed by atoms with E-state index < -0.39 is 17.7 Å². The summed E-state index contributed by atoms with van der Waals surface area (Å²) in [6.45, 7) is 4.60. The van der Waals surface area contributed by atoms with Gasteiger partial charge in [-0.05, 0) is 60.9 Å². The van der Waals surface area contributed by atoms with E-state index in [1.165, 1.54) is 23.3 Å². The first-order valence-electron chi connectivity index (χ1n) is 12.0. The first-order chi connectivity index (χ1) is 17.9. The second-order valence-electron chi connectivity index (χ2n) is 8.79. The van der Waals surface area contributed by atoms with Crippen LogP contribution in [-0.2, 0) is 9.59 Å². The Morgan fingerprint density at radius 2 is 1.84 bits per heavy atom. The molecule has 1 aromatic heterocycles. The SMILES string of the molecule is CCCOc1ccc([C@H]2/C(=C(\O)c3cccc(OC)c3)C(=O)C(=O)N2c2nc3ccc(C)cc3s2)cc1. The average Bonchev–Trinajstić information content (AvgIpc) is 3.44. The maximum Gasteiger partial charge on any atom is 0.301 e. The van der Waals surface area contributed by atoms with Crippen LogP contribution in [0.5, 0.6) is 11.5 Å². The number of aliphatic hydroxyl groups excluding tert-OH is 1. The fourth-order valence-corrected chi connectivity index (χ4v) is 5.45. The largest absolute Gasteiger partial charge is 0.507 e. The highest BCUT2D eigenvalue weighted by molar-refractivity contribution is 7.22. The first-order valence-corrected chi connectivity index (χ1v) is 12.8. The summed E-state index contributed by atoms with van der Waals surface area (Å²) < 4.78 is 11.9. The van der Waals surface area contributed by atoms with Crippen LogP contribution in [0.3, 0.4) is 0 Å². The van der Waals surface area contributed by atoms with E-state index in [9.17, 15) is 14.7 Å². The number of rotatable bonds is 7. The number of hydrogen-bond acceptors (Lipinski definition) is 7. The van der Waals surface area contributed by atoms with Gasteiger partial charge in [0, 0.05) is 5.56 Å². The van der Waals surface area contributed by atoms with E-state index in [0.717, 1.165) is 22.2 Å². The van der Waals surface area contributed by atoms with Gasteiger partial charge in [-0.15, -0.1) is 0 Å². The quantitative estimate of drug-likeness (QED) is 0.184. The lowest BCUT2D eigenvalue weighted by Gasteiger charge is -2.23. The summed E-state index contributed by atoms with van der Waals surface area (Å²) in [6.07, 6.45) is 0.875. The second-order valence-corrected chi connectivity index (χ2v) is 9.80. The minimum absolute atomic E-state index is 0.00378. The third-order valence-corrected chi connectivity index (χ3v) is 7.21. The van der Waals surface area contributed by atoms with E-state index in [4.69, 9.17) is 9.47 Å². The van der Waals surface area contributed by atoms with Crippen molar-refractivity contribution in [1.82, 2.24) is 4.98 Å². The molecular weight excluding hydrogens is 488 g/mol. The number of amides is 1. The normalized spacial score (nSPS) is 16.9. The van der Waals surface area contributed by atoms with Gasteiger partial charge in [-0.3, -0.25) is 14.5 Å². The van der Waals surface area contributed by atoms with Gasteiger partial charge >= 0.3 is 5.91 Å². The molecule has 1 fully saturated rings. The van der Waals surface area contributed by atoms with Crippen LogP contribution < -0.4 is 14.4 Å². The number of aromatic nitrogens is 1. The molecule has 0 radical (unpaired) electrons. The Morgan fingerprint density at radius 3 is 2.57 bits per heavy atom. The van der Waals surface area contributed by atoms with Crippen LogP contribution in [0.4, 0.5) is 5.13 Å². The van der Waals surface area contributed by atoms with Gasteiger partial charge < -0.3 is 14.6 Å². The number of carbonyl (C=O) groups excluding carboxylic acids is 2. The number of anilines is 1.